The number of aliphatic carboxylic acids is 1. The van der Waals surface area contributed by atoms with Crippen molar-refractivity contribution in [3.05, 3.63) is 11.1 Å². The van der Waals surface area contributed by atoms with Crippen LogP contribution in [0.4, 0.5) is 0 Å². The van der Waals surface area contributed by atoms with Crippen molar-refractivity contribution in [2.45, 2.75) is 25.0 Å². The molecule has 12 heavy (non-hydrogen) atoms. The Bertz CT molecular complexity index is 256. The summed E-state index contributed by atoms with van der Waals surface area (Å²) in [6, 6.07) is 0. The SMILES string of the molecule is CC1(C)C=NC(CC(=O)O)=CS1. The van der Waals surface area contributed by atoms with Gasteiger partial charge in [-0.2, -0.15) is 0 Å². The molecule has 4 heteroatoms. The van der Waals surface area contributed by atoms with Crippen molar-refractivity contribution in [3.8, 4) is 0 Å². The Labute approximate surface area is 75.6 Å². The predicted molar refractivity (Wildman–Crippen MR) is 50.5 cm³/mol. The summed E-state index contributed by atoms with van der Waals surface area (Å²) in [5, 5.41) is 10.3. The zero-order valence-corrected chi connectivity index (χ0v) is 7.89. The third-order valence-electron chi connectivity index (χ3n) is 1.37. The molecule has 0 fully saturated rings. The van der Waals surface area contributed by atoms with Crippen LogP contribution in [-0.2, 0) is 4.79 Å². The van der Waals surface area contributed by atoms with Crippen LogP contribution in [-0.4, -0.2) is 22.0 Å². The number of carboxylic acid groups (broad SMARTS) is 1. The van der Waals surface area contributed by atoms with Gasteiger partial charge in [0.25, 0.3) is 0 Å². The first-order valence-electron chi connectivity index (χ1n) is 3.63. The molecule has 1 aliphatic heterocycles. The zero-order chi connectivity index (χ0) is 9.19. The lowest BCUT2D eigenvalue weighted by atomic mass is 10.2. The quantitative estimate of drug-likeness (QED) is 0.714. The molecule has 1 aliphatic rings. The molecule has 0 aliphatic carbocycles. The van der Waals surface area contributed by atoms with Gasteiger partial charge in [-0.1, -0.05) is 0 Å². The molecule has 0 amide bonds. The standard InChI is InChI=1S/C8H11NO2S/c1-8(2)5-9-6(4-12-8)3-7(10)11/h4-5H,3H2,1-2H3,(H,10,11). The van der Waals surface area contributed by atoms with Crippen LogP contribution >= 0.6 is 11.8 Å². The Morgan fingerprint density at radius 2 is 2.42 bits per heavy atom. The molecule has 0 saturated heterocycles. The highest BCUT2D eigenvalue weighted by atomic mass is 32.2. The van der Waals surface area contributed by atoms with E-state index in [0.717, 1.165) is 0 Å². The van der Waals surface area contributed by atoms with Crippen LogP contribution < -0.4 is 0 Å². The van der Waals surface area contributed by atoms with Crippen LogP contribution in [0.5, 0.6) is 0 Å². The molecule has 66 valence electrons. The van der Waals surface area contributed by atoms with E-state index >= 15 is 0 Å². The number of aliphatic imine (C=N–C) groups is 1. The van der Waals surface area contributed by atoms with E-state index in [4.69, 9.17) is 5.11 Å². The van der Waals surface area contributed by atoms with E-state index in [9.17, 15) is 4.79 Å². The normalized spacial score (nSPS) is 20.3. The fourth-order valence-electron chi connectivity index (χ4n) is 0.761. The molecular weight excluding hydrogens is 174 g/mol. The summed E-state index contributed by atoms with van der Waals surface area (Å²) in [7, 11) is 0. The van der Waals surface area contributed by atoms with Crippen molar-refractivity contribution in [1.82, 2.24) is 0 Å². The van der Waals surface area contributed by atoms with Gasteiger partial charge in [0.2, 0.25) is 0 Å². The fourth-order valence-corrected chi connectivity index (χ4v) is 1.46. The van der Waals surface area contributed by atoms with Gasteiger partial charge in [0.05, 0.1) is 12.1 Å². The third-order valence-corrected chi connectivity index (χ3v) is 2.48. The Kier molecular flexibility index (Phi) is 2.57. The molecule has 0 aromatic rings. The molecule has 3 nitrogen and oxygen atoms in total. The molecule has 1 N–H and O–H groups in total. The first kappa shape index (κ1) is 9.32. The van der Waals surface area contributed by atoms with Gasteiger partial charge in [0.1, 0.15) is 0 Å². The minimum absolute atomic E-state index is 0.00199. The molecule has 1 rings (SSSR count). The van der Waals surface area contributed by atoms with Gasteiger partial charge in [-0.25, -0.2) is 0 Å². The van der Waals surface area contributed by atoms with Crippen molar-refractivity contribution in [2.24, 2.45) is 4.99 Å². The highest BCUT2D eigenvalue weighted by molar-refractivity contribution is 8.04. The molecule has 0 unspecified atom stereocenters. The predicted octanol–water partition coefficient (Wildman–Crippen LogP) is 1.90. The number of thioether (sulfide) groups is 1. The average molecular weight is 185 g/mol. The summed E-state index contributed by atoms with van der Waals surface area (Å²) >= 11 is 1.60. The summed E-state index contributed by atoms with van der Waals surface area (Å²) in [5.74, 6) is -0.835. The fraction of sp³-hybridized carbons (Fsp3) is 0.500. The van der Waals surface area contributed by atoms with Crippen LogP contribution in [0.25, 0.3) is 0 Å². The second-order valence-corrected chi connectivity index (χ2v) is 4.68. The summed E-state index contributed by atoms with van der Waals surface area (Å²) in [6.45, 7) is 4.07. The first-order valence-corrected chi connectivity index (χ1v) is 4.51. The van der Waals surface area contributed by atoms with E-state index in [1.54, 1.807) is 18.0 Å². The number of carbonyl (C=O) groups is 1. The number of nitrogens with zero attached hydrogens (tertiary/aromatic N) is 1. The smallest absolute Gasteiger partial charge is 0.309 e. The second-order valence-electron chi connectivity index (χ2n) is 3.16. The number of hydrogen-bond donors (Lipinski definition) is 1. The lowest BCUT2D eigenvalue weighted by Gasteiger charge is -2.20. The number of hydrogen-bond acceptors (Lipinski definition) is 3. The van der Waals surface area contributed by atoms with E-state index in [1.165, 1.54) is 0 Å². The van der Waals surface area contributed by atoms with Gasteiger partial charge >= 0.3 is 5.97 Å². The molecule has 0 aromatic carbocycles. The van der Waals surface area contributed by atoms with Gasteiger partial charge < -0.3 is 5.11 Å². The highest BCUT2D eigenvalue weighted by Crippen LogP contribution is 2.29. The van der Waals surface area contributed by atoms with Crippen LogP contribution in [0.2, 0.25) is 0 Å². The van der Waals surface area contributed by atoms with E-state index in [-0.39, 0.29) is 11.2 Å². The Balaban J connectivity index is 2.58. The van der Waals surface area contributed by atoms with Gasteiger partial charge in [0.15, 0.2) is 0 Å². The minimum Gasteiger partial charge on any atom is -0.481 e. The number of carboxylic acids is 1. The first-order chi connectivity index (χ1) is 5.49. The molecule has 1 heterocycles. The van der Waals surface area contributed by atoms with Crippen LogP contribution in [0.15, 0.2) is 16.1 Å². The van der Waals surface area contributed by atoms with E-state index in [2.05, 4.69) is 4.99 Å². The van der Waals surface area contributed by atoms with E-state index in [1.807, 2.05) is 19.3 Å². The molecule has 0 aromatic heterocycles. The van der Waals surface area contributed by atoms with Crippen molar-refractivity contribution in [3.63, 3.8) is 0 Å². The van der Waals surface area contributed by atoms with E-state index < -0.39 is 5.97 Å². The highest BCUT2D eigenvalue weighted by Gasteiger charge is 2.18. The molecule has 0 spiro atoms. The lowest BCUT2D eigenvalue weighted by molar-refractivity contribution is -0.136. The largest absolute Gasteiger partial charge is 0.481 e. The van der Waals surface area contributed by atoms with Gasteiger partial charge in [-0.05, 0) is 19.3 Å². The van der Waals surface area contributed by atoms with Gasteiger partial charge in [-0.3, -0.25) is 9.79 Å². The Hall–Kier alpha value is -0.770. The zero-order valence-electron chi connectivity index (χ0n) is 7.07. The lowest BCUT2D eigenvalue weighted by Crippen LogP contribution is -2.18. The molecular formula is C8H11NO2S. The van der Waals surface area contributed by atoms with Crippen molar-refractivity contribution < 1.29 is 9.90 Å². The third kappa shape index (κ3) is 2.70. The Morgan fingerprint density at radius 3 is 2.83 bits per heavy atom. The maximum atomic E-state index is 10.3. The summed E-state index contributed by atoms with van der Waals surface area (Å²) in [4.78, 5) is 14.4. The molecule has 0 bridgehead atoms. The topological polar surface area (TPSA) is 49.7 Å². The summed E-state index contributed by atoms with van der Waals surface area (Å²) in [5.41, 5.74) is 0.631. The maximum absolute atomic E-state index is 10.3. The Morgan fingerprint density at radius 1 is 1.75 bits per heavy atom. The maximum Gasteiger partial charge on any atom is 0.309 e. The van der Waals surface area contributed by atoms with Crippen LogP contribution in [0.3, 0.4) is 0 Å². The van der Waals surface area contributed by atoms with Crippen molar-refractivity contribution >= 4 is 23.9 Å². The van der Waals surface area contributed by atoms with Crippen LogP contribution in [0.1, 0.15) is 20.3 Å². The monoisotopic (exact) mass is 185 g/mol. The van der Waals surface area contributed by atoms with E-state index in [0.29, 0.717) is 5.70 Å². The molecule has 0 saturated carbocycles. The number of rotatable bonds is 2. The second kappa shape index (κ2) is 3.31. The molecule has 0 atom stereocenters. The van der Waals surface area contributed by atoms with Crippen LogP contribution in [0, 0.1) is 0 Å². The molecule has 0 radical (unpaired) electrons. The van der Waals surface area contributed by atoms with Crippen molar-refractivity contribution in [1.29, 1.82) is 0 Å². The van der Waals surface area contributed by atoms with Gasteiger partial charge in [0, 0.05) is 11.0 Å². The average Bonchev–Trinajstić information content (AvgIpc) is 1.93. The summed E-state index contributed by atoms with van der Waals surface area (Å²) < 4.78 is 0.00199. The minimum atomic E-state index is -0.835. The summed E-state index contributed by atoms with van der Waals surface area (Å²) in [6.07, 6.45) is 1.80. The van der Waals surface area contributed by atoms with Crippen molar-refractivity contribution in [2.75, 3.05) is 0 Å². The van der Waals surface area contributed by atoms with Gasteiger partial charge in [-0.15, -0.1) is 11.8 Å².